The van der Waals surface area contributed by atoms with Crippen molar-refractivity contribution in [1.29, 1.82) is 0 Å². The third-order valence-electron chi connectivity index (χ3n) is 2.95. The van der Waals surface area contributed by atoms with Gasteiger partial charge in [-0.05, 0) is 18.9 Å². The summed E-state index contributed by atoms with van der Waals surface area (Å²) in [6.07, 6.45) is 1.63. The van der Waals surface area contributed by atoms with Crippen LogP contribution in [0.25, 0.3) is 0 Å². The summed E-state index contributed by atoms with van der Waals surface area (Å²) >= 11 is 0. The molecule has 1 heterocycles. The van der Waals surface area contributed by atoms with Gasteiger partial charge in [0.25, 0.3) is 0 Å². The molecule has 0 aliphatic heterocycles. The van der Waals surface area contributed by atoms with E-state index in [0.29, 0.717) is 12.5 Å². The van der Waals surface area contributed by atoms with Crippen molar-refractivity contribution in [3.63, 3.8) is 0 Å². The molecule has 0 aromatic carbocycles. The highest BCUT2D eigenvalue weighted by Gasteiger charge is 2.21. The molecule has 1 aromatic rings. The number of nitrogens with zero attached hydrogens (tertiary/aromatic N) is 2. The number of carbonyl (C=O) groups excluding carboxylic acids is 1. The van der Waals surface area contributed by atoms with Crippen molar-refractivity contribution in [3.8, 4) is 5.88 Å². The molecule has 0 fully saturated rings. The maximum absolute atomic E-state index is 11.1. The van der Waals surface area contributed by atoms with Crippen LogP contribution in [0.1, 0.15) is 37.2 Å². The molecule has 1 aromatic heterocycles. The molecule has 6 nitrogen and oxygen atoms in total. The highest BCUT2D eigenvalue weighted by molar-refractivity contribution is 5.86. The monoisotopic (exact) mass is 253 g/mol. The summed E-state index contributed by atoms with van der Waals surface area (Å²) in [5.74, 6) is -0.177. The fraction of sp³-hybridized carbons (Fsp3) is 0.583. The average molecular weight is 253 g/mol. The van der Waals surface area contributed by atoms with Gasteiger partial charge in [-0.15, -0.1) is 10.2 Å². The van der Waals surface area contributed by atoms with Gasteiger partial charge in [0.2, 0.25) is 5.88 Å². The number of hydrogen-bond acceptors (Lipinski definition) is 6. The van der Waals surface area contributed by atoms with E-state index in [0.717, 1.165) is 12.8 Å². The zero-order chi connectivity index (χ0) is 13.6. The molecule has 0 spiro atoms. The largest absolute Gasteiger partial charge is 0.475 e. The van der Waals surface area contributed by atoms with Gasteiger partial charge >= 0.3 is 5.97 Å². The number of ether oxygens (including phenoxy) is 2. The van der Waals surface area contributed by atoms with Gasteiger partial charge in [0.05, 0.1) is 7.11 Å². The zero-order valence-corrected chi connectivity index (χ0v) is 11.0. The molecule has 1 rings (SSSR count). The Kier molecular flexibility index (Phi) is 5.03. The van der Waals surface area contributed by atoms with Crippen molar-refractivity contribution in [1.82, 2.24) is 10.2 Å². The van der Waals surface area contributed by atoms with Gasteiger partial charge in [-0.25, -0.2) is 4.79 Å². The maximum atomic E-state index is 11.1. The van der Waals surface area contributed by atoms with E-state index in [1.54, 1.807) is 6.07 Å². The second-order valence-electron chi connectivity index (χ2n) is 4.11. The number of aromatic nitrogens is 2. The molecule has 0 unspecified atom stereocenters. The average Bonchev–Trinajstić information content (AvgIpc) is 2.44. The van der Waals surface area contributed by atoms with E-state index in [1.165, 1.54) is 13.2 Å². The first-order valence-corrected chi connectivity index (χ1v) is 5.88. The van der Waals surface area contributed by atoms with Crippen molar-refractivity contribution < 1.29 is 14.3 Å². The Bertz CT molecular complexity index is 388. The SMILES string of the molecule is CCC(N)(CC)COc1ccc(C(=O)OC)nn1. The Morgan fingerprint density at radius 3 is 2.44 bits per heavy atom. The van der Waals surface area contributed by atoms with Crippen molar-refractivity contribution in [2.45, 2.75) is 32.2 Å². The number of hydrogen-bond donors (Lipinski definition) is 1. The molecule has 6 heteroatoms. The highest BCUT2D eigenvalue weighted by Crippen LogP contribution is 2.14. The van der Waals surface area contributed by atoms with Crippen LogP contribution in [0, 0.1) is 0 Å². The quantitative estimate of drug-likeness (QED) is 0.765. The lowest BCUT2D eigenvalue weighted by atomic mass is 9.96. The zero-order valence-electron chi connectivity index (χ0n) is 11.0. The van der Waals surface area contributed by atoms with Gasteiger partial charge in [-0.2, -0.15) is 0 Å². The lowest BCUT2D eigenvalue weighted by Gasteiger charge is -2.25. The van der Waals surface area contributed by atoms with Crippen LogP contribution in [0.2, 0.25) is 0 Å². The smallest absolute Gasteiger partial charge is 0.358 e. The van der Waals surface area contributed by atoms with Crippen LogP contribution >= 0.6 is 0 Å². The van der Waals surface area contributed by atoms with Crippen LogP contribution in [-0.4, -0.2) is 35.4 Å². The first-order valence-electron chi connectivity index (χ1n) is 5.88. The lowest BCUT2D eigenvalue weighted by Crippen LogP contribution is -2.44. The van der Waals surface area contributed by atoms with Crippen LogP contribution in [0.3, 0.4) is 0 Å². The maximum Gasteiger partial charge on any atom is 0.358 e. The van der Waals surface area contributed by atoms with Gasteiger partial charge in [0.1, 0.15) is 6.61 Å². The number of carbonyl (C=O) groups is 1. The molecule has 0 saturated carbocycles. The Labute approximate surface area is 106 Å². The third-order valence-corrected chi connectivity index (χ3v) is 2.95. The highest BCUT2D eigenvalue weighted by atomic mass is 16.5. The lowest BCUT2D eigenvalue weighted by molar-refractivity contribution is 0.0592. The summed E-state index contributed by atoms with van der Waals surface area (Å²) in [4.78, 5) is 11.1. The van der Waals surface area contributed by atoms with E-state index < -0.39 is 5.97 Å². The summed E-state index contributed by atoms with van der Waals surface area (Å²) in [6.45, 7) is 4.39. The van der Waals surface area contributed by atoms with Crippen LogP contribution in [0.4, 0.5) is 0 Å². The first-order chi connectivity index (χ1) is 8.54. The summed E-state index contributed by atoms with van der Waals surface area (Å²) in [5, 5.41) is 7.50. The van der Waals surface area contributed by atoms with Crippen LogP contribution in [0.5, 0.6) is 5.88 Å². The fourth-order valence-electron chi connectivity index (χ4n) is 1.28. The number of esters is 1. The van der Waals surface area contributed by atoms with Crippen molar-refractivity contribution in [2.75, 3.05) is 13.7 Å². The topological polar surface area (TPSA) is 87.3 Å². The van der Waals surface area contributed by atoms with Crippen molar-refractivity contribution in [2.24, 2.45) is 5.73 Å². The standard InChI is InChI=1S/C12H19N3O3/c1-4-12(13,5-2)8-18-10-7-6-9(14-15-10)11(16)17-3/h6-7H,4-5,8,13H2,1-3H3. The van der Waals surface area contributed by atoms with Crippen LogP contribution < -0.4 is 10.5 Å². The molecule has 0 amide bonds. The second kappa shape index (κ2) is 6.30. The molecule has 2 N–H and O–H groups in total. The number of nitrogens with two attached hydrogens (primary N) is 1. The normalized spacial score (nSPS) is 11.1. The van der Waals surface area contributed by atoms with E-state index in [-0.39, 0.29) is 11.2 Å². The molecule has 100 valence electrons. The summed E-state index contributed by atoms with van der Waals surface area (Å²) in [5.41, 5.74) is 5.89. The van der Waals surface area contributed by atoms with E-state index in [1.807, 2.05) is 13.8 Å². The molecule has 0 saturated heterocycles. The van der Waals surface area contributed by atoms with E-state index in [9.17, 15) is 4.79 Å². The molecule has 18 heavy (non-hydrogen) atoms. The van der Waals surface area contributed by atoms with Gasteiger partial charge < -0.3 is 15.2 Å². The van der Waals surface area contributed by atoms with Gasteiger partial charge in [-0.1, -0.05) is 13.8 Å². The fourth-order valence-corrected chi connectivity index (χ4v) is 1.28. The molecule has 0 aliphatic rings. The van der Waals surface area contributed by atoms with Gasteiger partial charge in [-0.3, -0.25) is 0 Å². The Morgan fingerprint density at radius 2 is 2.00 bits per heavy atom. The van der Waals surface area contributed by atoms with E-state index in [2.05, 4.69) is 14.9 Å². The summed E-state index contributed by atoms with van der Waals surface area (Å²) in [6, 6.07) is 3.08. The molecular formula is C12H19N3O3. The van der Waals surface area contributed by atoms with Crippen LogP contribution in [-0.2, 0) is 4.74 Å². The minimum Gasteiger partial charge on any atom is -0.475 e. The van der Waals surface area contributed by atoms with Gasteiger partial charge in [0, 0.05) is 11.6 Å². The minimum absolute atomic E-state index is 0.148. The van der Waals surface area contributed by atoms with Gasteiger partial charge in [0.15, 0.2) is 5.69 Å². The van der Waals surface area contributed by atoms with Crippen molar-refractivity contribution in [3.05, 3.63) is 17.8 Å². The Hall–Kier alpha value is -1.69. The summed E-state index contributed by atoms with van der Waals surface area (Å²) < 4.78 is 9.99. The predicted molar refractivity (Wildman–Crippen MR) is 66.4 cm³/mol. The Morgan fingerprint density at radius 1 is 1.33 bits per heavy atom. The van der Waals surface area contributed by atoms with Crippen LogP contribution in [0.15, 0.2) is 12.1 Å². The number of rotatable bonds is 6. The van der Waals surface area contributed by atoms with Crippen molar-refractivity contribution >= 4 is 5.97 Å². The predicted octanol–water partition coefficient (Wildman–Crippen LogP) is 1.16. The molecular weight excluding hydrogens is 234 g/mol. The molecule has 0 radical (unpaired) electrons. The second-order valence-corrected chi connectivity index (χ2v) is 4.11. The van der Waals surface area contributed by atoms with E-state index in [4.69, 9.17) is 10.5 Å². The third kappa shape index (κ3) is 3.66. The summed E-state index contributed by atoms with van der Waals surface area (Å²) in [7, 11) is 1.29. The molecule has 0 aliphatic carbocycles. The number of methoxy groups -OCH3 is 1. The molecule has 0 bridgehead atoms. The minimum atomic E-state index is -0.524. The van der Waals surface area contributed by atoms with E-state index >= 15 is 0 Å². The Balaban J connectivity index is 2.62. The first kappa shape index (κ1) is 14.4. The molecule has 0 atom stereocenters.